The summed E-state index contributed by atoms with van der Waals surface area (Å²) >= 11 is 0. The van der Waals surface area contributed by atoms with Crippen LogP contribution in [-0.2, 0) is 7.05 Å². The van der Waals surface area contributed by atoms with Gasteiger partial charge in [0.25, 0.3) is 5.91 Å². The molecule has 0 aliphatic carbocycles. The SMILES string of the molecule is C=C(c1nc(/C=C/CNC(=O)c2cn(C)nc2C)cc2c(N[C@@H]3CCN(C)C[C@@H]3F)cccc12)C(F)(F)F. The molecule has 3 heterocycles. The van der Waals surface area contributed by atoms with Crippen molar-refractivity contribution in [2.24, 2.45) is 7.05 Å². The fourth-order valence-corrected chi connectivity index (χ4v) is 4.54. The Hall–Kier alpha value is -3.73. The summed E-state index contributed by atoms with van der Waals surface area (Å²) in [5.41, 5.74) is 0.420. The first kappa shape index (κ1) is 27.3. The van der Waals surface area contributed by atoms with Crippen molar-refractivity contribution in [3.05, 3.63) is 65.8 Å². The van der Waals surface area contributed by atoms with Crippen molar-refractivity contribution in [3.63, 3.8) is 0 Å². The summed E-state index contributed by atoms with van der Waals surface area (Å²) in [6.07, 6.45) is -0.504. The molecule has 2 aromatic heterocycles. The maximum atomic E-state index is 14.7. The second kappa shape index (κ2) is 10.9. The lowest BCUT2D eigenvalue weighted by Gasteiger charge is -2.33. The Morgan fingerprint density at radius 3 is 2.68 bits per heavy atom. The van der Waals surface area contributed by atoms with Crippen molar-refractivity contribution >= 4 is 34.0 Å². The summed E-state index contributed by atoms with van der Waals surface area (Å²) in [4.78, 5) is 18.5. The van der Waals surface area contributed by atoms with Crippen molar-refractivity contribution < 1.29 is 22.4 Å². The van der Waals surface area contributed by atoms with Crippen LogP contribution < -0.4 is 10.6 Å². The Kier molecular flexibility index (Phi) is 7.86. The highest BCUT2D eigenvalue weighted by Crippen LogP contribution is 2.37. The number of nitrogens with one attached hydrogen (secondary N) is 2. The van der Waals surface area contributed by atoms with Crippen LogP contribution in [-0.4, -0.2) is 70.6 Å². The van der Waals surface area contributed by atoms with Crippen LogP contribution in [0.3, 0.4) is 0 Å². The van der Waals surface area contributed by atoms with E-state index in [1.807, 2.05) is 11.9 Å². The van der Waals surface area contributed by atoms with E-state index in [1.54, 1.807) is 50.5 Å². The molecular formula is C27H30F4N6O. The van der Waals surface area contributed by atoms with Gasteiger partial charge in [0.1, 0.15) is 6.17 Å². The molecule has 7 nitrogen and oxygen atoms in total. The number of likely N-dealkylation sites (tertiary alicyclic amines) is 1. The maximum absolute atomic E-state index is 14.7. The third-order valence-corrected chi connectivity index (χ3v) is 6.53. The van der Waals surface area contributed by atoms with Gasteiger partial charge in [-0.1, -0.05) is 24.8 Å². The van der Waals surface area contributed by atoms with Crippen LogP contribution >= 0.6 is 0 Å². The second-order valence-corrected chi connectivity index (χ2v) is 9.50. The quantitative estimate of drug-likeness (QED) is 0.432. The van der Waals surface area contributed by atoms with Gasteiger partial charge in [-0.15, -0.1) is 0 Å². The van der Waals surface area contributed by atoms with E-state index in [2.05, 4.69) is 27.3 Å². The number of piperidine rings is 1. The maximum Gasteiger partial charge on any atom is 0.417 e. The van der Waals surface area contributed by atoms with E-state index >= 15 is 0 Å². The van der Waals surface area contributed by atoms with Crippen LogP contribution in [0.2, 0.25) is 0 Å². The molecule has 1 saturated heterocycles. The fraction of sp³-hybridized carbons (Fsp3) is 0.370. The molecule has 1 aliphatic heterocycles. The van der Waals surface area contributed by atoms with Gasteiger partial charge in [-0.3, -0.25) is 9.48 Å². The molecule has 38 heavy (non-hydrogen) atoms. The predicted octanol–water partition coefficient (Wildman–Crippen LogP) is 4.75. The third kappa shape index (κ3) is 6.04. The summed E-state index contributed by atoms with van der Waals surface area (Å²) in [5, 5.41) is 10.8. The summed E-state index contributed by atoms with van der Waals surface area (Å²) in [7, 11) is 3.56. The van der Waals surface area contributed by atoms with E-state index in [4.69, 9.17) is 0 Å². The molecule has 0 bridgehead atoms. The number of aryl methyl sites for hydroxylation is 2. The Bertz CT molecular complexity index is 1380. The number of aromatic nitrogens is 3. The third-order valence-electron chi connectivity index (χ3n) is 6.53. The monoisotopic (exact) mass is 530 g/mol. The number of carbonyl (C=O) groups excluding carboxylic acids is 1. The molecule has 202 valence electrons. The van der Waals surface area contributed by atoms with Crippen LogP contribution in [0.1, 0.15) is 33.9 Å². The molecule has 2 atom stereocenters. The highest BCUT2D eigenvalue weighted by Gasteiger charge is 2.35. The number of nitrogens with zero attached hydrogens (tertiary/aromatic N) is 4. The topological polar surface area (TPSA) is 75.1 Å². The predicted molar refractivity (Wildman–Crippen MR) is 141 cm³/mol. The first-order chi connectivity index (χ1) is 17.9. The van der Waals surface area contributed by atoms with E-state index in [-0.39, 0.29) is 35.8 Å². The number of alkyl halides is 4. The number of rotatable bonds is 7. The van der Waals surface area contributed by atoms with Gasteiger partial charge < -0.3 is 15.5 Å². The lowest BCUT2D eigenvalue weighted by Crippen LogP contribution is -2.46. The standard InChI is InChI=1S/C27H30F4N6O/c1-16(27(29,30)31)25-19-8-5-9-23(34-24-10-12-36(3)15-22(24)28)20(19)13-18(33-25)7-6-11-32-26(38)21-14-37(4)35-17(21)2/h5-9,13-14,22,24,34H,1,10-12,15H2,2-4H3,(H,32,38)/b7-6+/t22-,24+/m0/s1. The number of allylic oxidation sites excluding steroid dienone is 1. The van der Waals surface area contributed by atoms with Gasteiger partial charge in [0.2, 0.25) is 0 Å². The fourth-order valence-electron chi connectivity index (χ4n) is 4.54. The van der Waals surface area contributed by atoms with E-state index < -0.39 is 24.0 Å². The summed E-state index contributed by atoms with van der Waals surface area (Å²) in [6.45, 7) is 6.09. The minimum absolute atomic E-state index is 0.126. The van der Waals surface area contributed by atoms with Crippen LogP contribution in [0.25, 0.3) is 22.4 Å². The van der Waals surface area contributed by atoms with Crippen LogP contribution in [0.15, 0.2) is 43.1 Å². The largest absolute Gasteiger partial charge is 0.417 e. The van der Waals surface area contributed by atoms with Crippen LogP contribution in [0.4, 0.5) is 23.2 Å². The number of fused-ring (bicyclic) bond motifs is 1. The smallest absolute Gasteiger partial charge is 0.379 e. The summed E-state index contributed by atoms with van der Waals surface area (Å²) in [5.74, 6) is -0.316. The zero-order chi connectivity index (χ0) is 27.6. The number of carbonyl (C=O) groups is 1. The van der Waals surface area contributed by atoms with Crippen molar-refractivity contribution in [2.45, 2.75) is 31.7 Å². The number of hydrogen-bond acceptors (Lipinski definition) is 5. The normalized spacial score (nSPS) is 18.7. The van der Waals surface area contributed by atoms with Crippen molar-refractivity contribution in [3.8, 4) is 0 Å². The number of halogens is 4. The highest BCUT2D eigenvalue weighted by atomic mass is 19.4. The molecule has 1 aliphatic rings. The molecule has 3 aromatic rings. The van der Waals surface area contributed by atoms with Crippen molar-refractivity contribution in [1.82, 2.24) is 25.0 Å². The molecule has 4 rings (SSSR count). The molecule has 0 spiro atoms. The summed E-state index contributed by atoms with van der Waals surface area (Å²) in [6, 6.07) is 6.07. The van der Waals surface area contributed by atoms with Crippen molar-refractivity contribution in [1.29, 1.82) is 0 Å². The average molecular weight is 531 g/mol. The van der Waals surface area contributed by atoms with Gasteiger partial charge >= 0.3 is 6.18 Å². The molecule has 0 radical (unpaired) electrons. The lowest BCUT2D eigenvalue weighted by molar-refractivity contribution is -0.0688. The van der Waals surface area contributed by atoms with Crippen molar-refractivity contribution in [2.75, 3.05) is 32.0 Å². The molecule has 2 N–H and O–H groups in total. The zero-order valence-electron chi connectivity index (χ0n) is 21.4. The molecule has 0 saturated carbocycles. The highest BCUT2D eigenvalue weighted by molar-refractivity contribution is 6.01. The molecule has 11 heteroatoms. The minimum Gasteiger partial charge on any atom is -0.379 e. The Labute approximate surface area is 218 Å². The van der Waals surface area contributed by atoms with E-state index in [0.29, 0.717) is 35.3 Å². The van der Waals surface area contributed by atoms with Gasteiger partial charge in [0.05, 0.1) is 34.3 Å². The number of amides is 1. The number of hydrogen-bond donors (Lipinski definition) is 2. The Morgan fingerprint density at radius 1 is 1.26 bits per heavy atom. The van der Waals surface area contributed by atoms with Gasteiger partial charge in [0.15, 0.2) is 0 Å². The van der Waals surface area contributed by atoms with Gasteiger partial charge in [-0.05, 0) is 38.6 Å². The Morgan fingerprint density at radius 2 is 2.03 bits per heavy atom. The lowest BCUT2D eigenvalue weighted by atomic mass is 9.99. The molecule has 1 amide bonds. The van der Waals surface area contributed by atoms with E-state index in [1.165, 1.54) is 10.8 Å². The van der Waals surface area contributed by atoms with E-state index in [0.717, 1.165) is 0 Å². The first-order valence-corrected chi connectivity index (χ1v) is 12.2. The molecule has 1 aromatic carbocycles. The summed E-state index contributed by atoms with van der Waals surface area (Å²) < 4.78 is 57.2. The molecular weight excluding hydrogens is 500 g/mol. The van der Waals surface area contributed by atoms with Crippen LogP contribution in [0, 0.1) is 6.92 Å². The van der Waals surface area contributed by atoms with Crippen LogP contribution in [0.5, 0.6) is 0 Å². The van der Waals surface area contributed by atoms with E-state index in [9.17, 15) is 22.4 Å². The number of anilines is 1. The number of pyridine rings is 1. The Balaban J connectivity index is 1.63. The van der Waals surface area contributed by atoms with Gasteiger partial charge in [0, 0.05) is 49.3 Å². The minimum atomic E-state index is -4.68. The average Bonchev–Trinajstić information content (AvgIpc) is 3.20. The van der Waals surface area contributed by atoms with Gasteiger partial charge in [-0.25, -0.2) is 9.37 Å². The first-order valence-electron chi connectivity index (χ1n) is 12.2. The molecule has 1 fully saturated rings. The van der Waals surface area contributed by atoms with Gasteiger partial charge in [-0.2, -0.15) is 18.3 Å². The number of benzene rings is 1. The zero-order valence-corrected chi connectivity index (χ0v) is 21.4. The second-order valence-electron chi connectivity index (χ2n) is 9.50. The molecule has 0 unspecified atom stereocenters.